The summed E-state index contributed by atoms with van der Waals surface area (Å²) in [6, 6.07) is 6.06. The molecule has 0 bridgehead atoms. The van der Waals surface area contributed by atoms with Gasteiger partial charge in [0.2, 0.25) is 0 Å². The number of hydrogen-bond donors (Lipinski definition) is 0. The third-order valence-corrected chi connectivity index (χ3v) is 4.22. The first-order chi connectivity index (χ1) is 9.62. The van der Waals surface area contributed by atoms with Crippen molar-refractivity contribution in [2.24, 2.45) is 11.8 Å². The van der Waals surface area contributed by atoms with E-state index in [2.05, 4.69) is 0 Å². The van der Waals surface area contributed by atoms with Gasteiger partial charge < -0.3 is 4.90 Å². The number of amides is 1. The SMILES string of the molecule is CC(C)CN(CC(C)C)C(=O)c1ccccc1S(=O)(=O)Cl. The van der Waals surface area contributed by atoms with E-state index in [1.54, 1.807) is 17.0 Å². The summed E-state index contributed by atoms with van der Waals surface area (Å²) in [7, 11) is 1.48. The van der Waals surface area contributed by atoms with Gasteiger partial charge in [-0.25, -0.2) is 8.42 Å². The predicted octanol–water partition coefficient (Wildman–Crippen LogP) is 3.37. The zero-order chi connectivity index (χ0) is 16.2. The second kappa shape index (κ2) is 7.27. The Morgan fingerprint density at radius 3 is 2.00 bits per heavy atom. The second-order valence-electron chi connectivity index (χ2n) is 5.93. The Hall–Kier alpha value is -1.07. The van der Waals surface area contributed by atoms with Crippen LogP contribution >= 0.6 is 10.7 Å². The molecule has 1 aromatic rings. The highest BCUT2D eigenvalue weighted by molar-refractivity contribution is 8.13. The molecule has 0 atom stereocenters. The lowest BCUT2D eigenvalue weighted by molar-refractivity contribution is 0.0711. The maximum Gasteiger partial charge on any atom is 0.262 e. The van der Waals surface area contributed by atoms with Crippen LogP contribution in [0.2, 0.25) is 0 Å². The van der Waals surface area contributed by atoms with E-state index >= 15 is 0 Å². The van der Waals surface area contributed by atoms with Crippen molar-refractivity contribution >= 4 is 25.6 Å². The molecular formula is C15H22ClNO3S. The molecule has 118 valence electrons. The average molecular weight is 332 g/mol. The summed E-state index contributed by atoms with van der Waals surface area (Å²) in [6.07, 6.45) is 0. The van der Waals surface area contributed by atoms with Crippen LogP contribution in [0.1, 0.15) is 38.1 Å². The Labute approximate surface area is 131 Å². The van der Waals surface area contributed by atoms with Crippen LogP contribution in [-0.4, -0.2) is 32.3 Å². The van der Waals surface area contributed by atoms with Crippen molar-refractivity contribution < 1.29 is 13.2 Å². The summed E-state index contributed by atoms with van der Waals surface area (Å²) in [5, 5.41) is 0. The Kier molecular flexibility index (Phi) is 6.23. The molecule has 0 aliphatic carbocycles. The van der Waals surface area contributed by atoms with E-state index in [1.807, 2.05) is 27.7 Å². The molecule has 0 aromatic heterocycles. The largest absolute Gasteiger partial charge is 0.338 e. The number of hydrogen-bond acceptors (Lipinski definition) is 3. The molecule has 0 N–H and O–H groups in total. The zero-order valence-corrected chi connectivity index (χ0v) is 14.4. The fourth-order valence-electron chi connectivity index (χ4n) is 2.15. The zero-order valence-electron chi connectivity index (χ0n) is 12.8. The molecule has 0 saturated heterocycles. The van der Waals surface area contributed by atoms with Gasteiger partial charge in [-0.15, -0.1) is 0 Å². The summed E-state index contributed by atoms with van der Waals surface area (Å²) >= 11 is 0. The molecule has 21 heavy (non-hydrogen) atoms. The first-order valence-electron chi connectivity index (χ1n) is 6.96. The topological polar surface area (TPSA) is 54.5 Å². The molecule has 0 fully saturated rings. The molecule has 0 unspecified atom stereocenters. The molecule has 6 heteroatoms. The van der Waals surface area contributed by atoms with Crippen LogP contribution in [0.15, 0.2) is 29.2 Å². The molecule has 0 heterocycles. The smallest absolute Gasteiger partial charge is 0.262 e. The van der Waals surface area contributed by atoms with Crippen LogP contribution in [0.4, 0.5) is 0 Å². The number of carbonyl (C=O) groups excluding carboxylic acids is 1. The Bertz CT molecular complexity index is 587. The van der Waals surface area contributed by atoms with E-state index in [0.29, 0.717) is 24.9 Å². The van der Waals surface area contributed by atoms with Gasteiger partial charge in [-0.2, -0.15) is 0 Å². The minimum Gasteiger partial charge on any atom is -0.338 e. The lowest BCUT2D eigenvalue weighted by atomic mass is 10.1. The molecule has 0 spiro atoms. The van der Waals surface area contributed by atoms with Gasteiger partial charge in [0.25, 0.3) is 15.0 Å². The van der Waals surface area contributed by atoms with Crippen molar-refractivity contribution in [2.45, 2.75) is 32.6 Å². The van der Waals surface area contributed by atoms with Crippen LogP contribution in [0.3, 0.4) is 0 Å². The number of halogens is 1. The third kappa shape index (κ3) is 5.32. The van der Waals surface area contributed by atoms with Gasteiger partial charge in [-0.3, -0.25) is 4.79 Å². The molecular weight excluding hydrogens is 310 g/mol. The Morgan fingerprint density at radius 1 is 1.10 bits per heavy atom. The highest BCUT2D eigenvalue weighted by atomic mass is 35.7. The molecule has 0 aliphatic rings. The number of benzene rings is 1. The van der Waals surface area contributed by atoms with Gasteiger partial charge in [-0.05, 0) is 24.0 Å². The van der Waals surface area contributed by atoms with E-state index in [0.717, 1.165) is 0 Å². The van der Waals surface area contributed by atoms with E-state index in [9.17, 15) is 13.2 Å². The van der Waals surface area contributed by atoms with Gasteiger partial charge in [0.15, 0.2) is 0 Å². The van der Waals surface area contributed by atoms with E-state index in [4.69, 9.17) is 10.7 Å². The monoisotopic (exact) mass is 331 g/mol. The number of carbonyl (C=O) groups is 1. The van der Waals surface area contributed by atoms with Gasteiger partial charge in [0, 0.05) is 23.8 Å². The molecule has 0 radical (unpaired) electrons. The van der Waals surface area contributed by atoms with Crippen molar-refractivity contribution in [3.05, 3.63) is 29.8 Å². The Morgan fingerprint density at radius 2 is 1.57 bits per heavy atom. The van der Waals surface area contributed by atoms with Crippen LogP contribution in [0, 0.1) is 11.8 Å². The fourth-order valence-corrected chi connectivity index (χ4v) is 3.21. The van der Waals surface area contributed by atoms with Crippen molar-refractivity contribution in [1.82, 2.24) is 4.90 Å². The molecule has 0 aliphatic heterocycles. The predicted molar refractivity (Wildman–Crippen MR) is 85.1 cm³/mol. The van der Waals surface area contributed by atoms with Crippen LogP contribution in [-0.2, 0) is 9.05 Å². The first-order valence-corrected chi connectivity index (χ1v) is 9.26. The van der Waals surface area contributed by atoms with Crippen molar-refractivity contribution in [3.8, 4) is 0 Å². The third-order valence-electron chi connectivity index (χ3n) is 2.84. The summed E-state index contributed by atoms with van der Waals surface area (Å²) in [5.41, 5.74) is 0.133. The lowest BCUT2D eigenvalue weighted by Crippen LogP contribution is -2.37. The normalized spacial score (nSPS) is 12.0. The highest BCUT2D eigenvalue weighted by Crippen LogP contribution is 2.22. The van der Waals surface area contributed by atoms with Gasteiger partial charge in [-0.1, -0.05) is 39.8 Å². The number of rotatable bonds is 6. The first kappa shape index (κ1) is 18.0. The second-order valence-corrected chi connectivity index (χ2v) is 8.47. The number of nitrogens with zero attached hydrogens (tertiary/aromatic N) is 1. The van der Waals surface area contributed by atoms with Crippen LogP contribution < -0.4 is 0 Å². The van der Waals surface area contributed by atoms with E-state index in [1.165, 1.54) is 12.1 Å². The van der Waals surface area contributed by atoms with Gasteiger partial charge in [0.1, 0.15) is 0 Å². The van der Waals surface area contributed by atoms with Crippen molar-refractivity contribution in [3.63, 3.8) is 0 Å². The standard InChI is InChI=1S/C15H22ClNO3S/c1-11(2)9-17(10-12(3)4)15(18)13-7-5-6-8-14(13)21(16,19)20/h5-8,11-12H,9-10H2,1-4H3. The fraction of sp³-hybridized carbons (Fsp3) is 0.533. The summed E-state index contributed by atoms with van der Waals surface area (Å²) in [5.74, 6) is 0.303. The quantitative estimate of drug-likeness (QED) is 0.751. The maximum atomic E-state index is 12.7. The van der Waals surface area contributed by atoms with Crippen molar-refractivity contribution in [2.75, 3.05) is 13.1 Å². The van der Waals surface area contributed by atoms with Gasteiger partial charge in [0.05, 0.1) is 10.5 Å². The summed E-state index contributed by atoms with van der Waals surface area (Å²) < 4.78 is 23.2. The average Bonchev–Trinajstić information content (AvgIpc) is 2.35. The molecule has 0 saturated carbocycles. The maximum absolute atomic E-state index is 12.7. The van der Waals surface area contributed by atoms with Crippen molar-refractivity contribution in [1.29, 1.82) is 0 Å². The van der Waals surface area contributed by atoms with E-state index in [-0.39, 0.29) is 16.4 Å². The molecule has 1 rings (SSSR count). The van der Waals surface area contributed by atoms with Gasteiger partial charge >= 0.3 is 0 Å². The minimum absolute atomic E-state index is 0.130. The molecule has 1 amide bonds. The highest BCUT2D eigenvalue weighted by Gasteiger charge is 2.24. The van der Waals surface area contributed by atoms with E-state index < -0.39 is 9.05 Å². The van der Waals surface area contributed by atoms with Crippen LogP contribution in [0.25, 0.3) is 0 Å². The molecule has 1 aromatic carbocycles. The molecule has 4 nitrogen and oxygen atoms in total. The van der Waals surface area contributed by atoms with Crippen LogP contribution in [0.5, 0.6) is 0 Å². The summed E-state index contributed by atoms with van der Waals surface area (Å²) in [6.45, 7) is 9.23. The lowest BCUT2D eigenvalue weighted by Gasteiger charge is -2.27. The minimum atomic E-state index is -3.94. The summed E-state index contributed by atoms with van der Waals surface area (Å²) in [4.78, 5) is 14.2. The Balaban J connectivity index is 3.21.